The van der Waals surface area contributed by atoms with Crippen molar-refractivity contribution in [2.24, 2.45) is 11.8 Å². The molecule has 3 heterocycles. The van der Waals surface area contributed by atoms with Crippen LogP contribution in [0.4, 0.5) is 5.69 Å². The molecule has 3 aliphatic heterocycles. The summed E-state index contributed by atoms with van der Waals surface area (Å²) < 4.78 is 16.4. The Balaban J connectivity index is 1.80. The van der Waals surface area contributed by atoms with E-state index >= 15 is 0 Å². The zero-order chi connectivity index (χ0) is 16.4. The number of amides is 2. The van der Waals surface area contributed by atoms with Gasteiger partial charge in [0.1, 0.15) is 11.5 Å². The third-order valence-electron chi connectivity index (χ3n) is 4.96. The summed E-state index contributed by atoms with van der Waals surface area (Å²) >= 11 is 0. The van der Waals surface area contributed by atoms with E-state index in [0.717, 1.165) is 0 Å². The van der Waals surface area contributed by atoms with Crippen LogP contribution < -0.4 is 14.4 Å². The van der Waals surface area contributed by atoms with Gasteiger partial charge in [-0.25, -0.2) is 4.90 Å². The summed E-state index contributed by atoms with van der Waals surface area (Å²) in [5.74, 6) is -0.430. The Labute approximate surface area is 133 Å². The zero-order valence-corrected chi connectivity index (χ0v) is 13.1. The largest absolute Gasteiger partial charge is 0.497 e. The van der Waals surface area contributed by atoms with Crippen LogP contribution in [-0.4, -0.2) is 37.7 Å². The van der Waals surface area contributed by atoms with Crippen LogP contribution in [0, 0.1) is 11.8 Å². The third-order valence-corrected chi connectivity index (χ3v) is 4.96. The number of anilines is 1. The number of fused-ring (bicyclic) bond motifs is 5. The molecular weight excluding hydrogens is 298 g/mol. The molecule has 2 bridgehead atoms. The average molecular weight is 315 g/mol. The molecule has 1 aromatic carbocycles. The van der Waals surface area contributed by atoms with Gasteiger partial charge < -0.3 is 14.2 Å². The molecule has 0 aliphatic carbocycles. The lowest BCUT2D eigenvalue weighted by Crippen LogP contribution is -2.38. The maximum atomic E-state index is 13.0. The van der Waals surface area contributed by atoms with Gasteiger partial charge in [0.25, 0.3) is 0 Å². The molecule has 120 valence electrons. The SMILES string of the molecule is COc1ccc(OC)c(N2C(=O)[C@@H]3[C@H]4C=C[C@@](C)(O4)[C@H]3C2=O)c1. The Morgan fingerprint density at radius 1 is 1.17 bits per heavy atom. The highest BCUT2D eigenvalue weighted by Gasteiger charge is 2.66. The maximum Gasteiger partial charge on any atom is 0.241 e. The molecule has 23 heavy (non-hydrogen) atoms. The number of hydrogen-bond acceptors (Lipinski definition) is 5. The molecule has 2 fully saturated rings. The molecule has 3 aliphatic rings. The first-order chi connectivity index (χ1) is 11.0. The van der Waals surface area contributed by atoms with Gasteiger partial charge in [-0.15, -0.1) is 0 Å². The third kappa shape index (κ3) is 1.72. The number of nitrogens with zero attached hydrogens (tertiary/aromatic N) is 1. The molecule has 0 unspecified atom stereocenters. The van der Waals surface area contributed by atoms with Crippen molar-refractivity contribution < 1.29 is 23.8 Å². The van der Waals surface area contributed by atoms with E-state index in [1.807, 2.05) is 19.1 Å². The standard InChI is InChI=1S/C17H17NO5/c1-17-7-6-12(23-17)13-14(17)16(20)18(15(13)19)10-8-9(21-2)4-5-11(10)22-3/h4-8,12-14H,1-3H3/t12-,13-,14-,17-/m1/s1. The molecule has 6 nitrogen and oxygen atoms in total. The number of rotatable bonds is 3. The van der Waals surface area contributed by atoms with Crippen molar-refractivity contribution in [3.05, 3.63) is 30.4 Å². The summed E-state index contributed by atoms with van der Waals surface area (Å²) in [4.78, 5) is 27.1. The summed E-state index contributed by atoms with van der Waals surface area (Å²) in [6, 6.07) is 5.06. The summed E-state index contributed by atoms with van der Waals surface area (Å²) in [7, 11) is 3.04. The van der Waals surface area contributed by atoms with Crippen molar-refractivity contribution in [3.63, 3.8) is 0 Å². The molecule has 4 rings (SSSR count). The molecule has 0 N–H and O–H groups in total. The fourth-order valence-corrected chi connectivity index (χ4v) is 3.86. The van der Waals surface area contributed by atoms with Gasteiger partial charge in [-0.3, -0.25) is 9.59 Å². The Kier molecular flexibility index (Phi) is 2.84. The van der Waals surface area contributed by atoms with Crippen LogP contribution in [0.1, 0.15) is 6.92 Å². The smallest absolute Gasteiger partial charge is 0.241 e. The van der Waals surface area contributed by atoms with Gasteiger partial charge in [0.15, 0.2) is 0 Å². The van der Waals surface area contributed by atoms with Gasteiger partial charge in [0.2, 0.25) is 11.8 Å². The second-order valence-corrected chi connectivity index (χ2v) is 6.18. The Hall–Kier alpha value is -2.34. The predicted octanol–water partition coefficient (Wildman–Crippen LogP) is 1.54. The fraction of sp³-hybridized carbons (Fsp3) is 0.412. The van der Waals surface area contributed by atoms with Crippen LogP contribution in [0.3, 0.4) is 0 Å². The van der Waals surface area contributed by atoms with Crippen molar-refractivity contribution in [2.75, 3.05) is 19.1 Å². The molecule has 0 radical (unpaired) electrons. The van der Waals surface area contributed by atoms with Gasteiger partial charge >= 0.3 is 0 Å². The fourth-order valence-electron chi connectivity index (χ4n) is 3.86. The van der Waals surface area contributed by atoms with Gasteiger partial charge in [0.05, 0.1) is 43.4 Å². The molecule has 0 spiro atoms. The van der Waals surface area contributed by atoms with Crippen LogP contribution in [0.5, 0.6) is 11.5 Å². The monoisotopic (exact) mass is 315 g/mol. The van der Waals surface area contributed by atoms with Gasteiger partial charge in [0, 0.05) is 6.07 Å². The first-order valence-electron chi connectivity index (χ1n) is 7.47. The molecular formula is C17H17NO5. The maximum absolute atomic E-state index is 13.0. The summed E-state index contributed by atoms with van der Waals surface area (Å²) in [5, 5.41) is 0. The van der Waals surface area contributed by atoms with Crippen molar-refractivity contribution in [1.29, 1.82) is 0 Å². The van der Waals surface area contributed by atoms with E-state index in [1.165, 1.54) is 19.1 Å². The molecule has 2 saturated heterocycles. The van der Waals surface area contributed by atoms with Crippen LogP contribution >= 0.6 is 0 Å². The summed E-state index contributed by atoms with van der Waals surface area (Å²) in [6.45, 7) is 1.85. The van der Waals surface area contributed by atoms with Crippen LogP contribution in [0.2, 0.25) is 0 Å². The Morgan fingerprint density at radius 2 is 1.96 bits per heavy atom. The number of carbonyl (C=O) groups is 2. The average Bonchev–Trinajstić information content (AvgIpc) is 3.16. The van der Waals surface area contributed by atoms with Crippen molar-refractivity contribution in [2.45, 2.75) is 18.6 Å². The predicted molar refractivity (Wildman–Crippen MR) is 81.4 cm³/mol. The van der Waals surface area contributed by atoms with E-state index in [4.69, 9.17) is 14.2 Å². The van der Waals surface area contributed by atoms with E-state index in [9.17, 15) is 9.59 Å². The highest BCUT2D eigenvalue weighted by atomic mass is 16.5. The van der Waals surface area contributed by atoms with Crippen LogP contribution in [0.15, 0.2) is 30.4 Å². The van der Waals surface area contributed by atoms with Crippen molar-refractivity contribution in [3.8, 4) is 11.5 Å². The Bertz CT molecular complexity index is 742. The van der Waals surface area contributed by atoms with Crippen molar-refractivity contribution >= 4 is 17.5 Å². The Morgan fingerprint density at radius 3 is 2.61 bits per heavy atom. The number of hydrogen-bond donors (Lipinski definition) is 0. The minimum Gasteiger partial charge on any atom is -0.497 e. The van der Waals surface area contributed by atoms with E-state index in [2.05, 4.69) is 0 Å². The molecule has 0 saturated carbocycles. The first kappa shape index (κ1) is 14.3. The number of ether oxygens (including phenoxy) is 3. The van der Waals surface area contributed by atoms with Crippen molar-refractivity contribution in [1.82, 2.24) is 0 Å². The number of methoxy groups -OCH3 is 2. The number of benzene rings is 1. The van der Waals surface area contributed by atoms with Crippen LogP contribution in [0.25, 0.3) is 0 Å². The first-order valence-corrected chi connectivity index (χ1v) is 7.47. The molecule has 0 aromatic heterocycles. The lowest BCUT2D eigenvalue weighted by Gasteiger charge is -2.24. The minimum absolute atomic E-state index is 0.246. The summed E-state index contributed by atoms with van der Waals surface area (Å²) in [6.07, 6.45) is 3.43. The zero-order valence-electron chi connectivity index (χ0n) is 13.1. The highest BCUT2D eigenvalue weighted by Crippen LogP contribution is 2.53. The topological polar surface area (TPSA) is 65.1 Å². The van der Waals surface area contributed by atoms with E-state index in [0.29, 0.717) is 17.2 Å². The molecule has 2 amide bonds. The lowest BCUT2D eigenvalue weighted by atomic mass is 9.78. The lowest BCUT2D eigenvalue weighted by molar-refractivity contribution is -0.126. The van der Waals surface area contributed by atoms with E-state index in [-0.39, 0.29) is 17.9 Å². The molecule has 4 atom stereocenters. The van der Waals surface area contributed by atoms with Crippen LogP contribution in [-0.2, 0) is 14.3 Å². The normalized spacial score (nSPS) is 34.2. The van der Waals surface area contributed by atoms with Gasteiger partial charge in [-0.2, -0.15) is 0 Å². The molecule has 6 heteroatoms. The minimum atomic E-state index is -0.705. The highest BCUT2D eigenvalue weighted by molar-refractivity contribution is 6.24. The summed E-state index contributed by atoms with van der Waals surface area (Å²) in [5.41, 5.74) is -0.289. The quantitative estimate of drug-likeness (QED) is 0.625. The molecule has 1 aromatic rings. The number of imide groups is 1. The van der Waals surface area contributed by atoms with E-state index in [1.54, 1.807) is 18.2 Å². The second kappa shape index (κ2) is 4.58. The van der Waals surface area contributed by atoms with Gasteiger partial charge in [-0.05, 0) is 19.1 Å². The van der Waals surface area contributed by atoms with Gasteiger partial charge in [-0.1, -0.05) is 12.2 Å². The second-order valence-electron chi connectivity index (χ2n) is 6.18. The van der Waals surface area contributed by atoms with E-state index < -0.39 is 17.4 Å². The number of carbonyl (C=O) groups excluding carboxylic acids is 2.